The molecule has 2 saturated carbocycles. The molecule has 4 heteroatoms. The summed E-state index contributed by atoms with van der Waals surface area (Å²) in [5.41, 5.74) is 2.75. The summed E-state index contributed by atoms with van der Waals surface area (Å²) in [5.74, 6) is 1.67. The molecule has 5 aliphatic rings. The number of carbonyl (C=O) groups is 2. The van der Waals surface area contributed by atoms with E-state index in [0.29, 0.717) is 11.8 Å². The molecular formula is C19H18BrNO2. The summed E-state index contributed by atoms with van der Waals surface area (Å²) in [6, 6.07) is 3.96. The van der Waals surface area contributed by atoms with Gasteiger partial charge < -0.3 is 0 Å². The quantitative estimate of drug-likeness (QED) is 0.558. The number of carbonyl (C=O) groups excluding carboxylic acids is 2. The van der Waals surface area contributed by atoms with Crippen LogP contribution in [0.25, 0.3) is 0 Å². The molecule has 1 heterocycles. The Morgan fingerprint density at radius 2 is 1.43 bits per heavy atom. The second-order valence-corrected chi connectivity index (χ2v) is 8.47. The maximum absolute atomic E-state index is 13.2. The molecule has 6 atom stereocenters. The minimum absolute atomic E-state index is 0.0261. The van der Waals surface area contributed by atoms with Gasteiger partial charge in [-0.3, -0.25) is 9.59 Å². The minimum Gasteiger partial charge on any atom is -0.274 e. The number of anilines is 1. The van der Waals surface area contributed by atoms with Crippen LogP contribution in [0, 0.1) is 49.4 Å². The minimum atomic E-state index is -0.122. The van der Waals surface area contributed by atoms with Crippen molar-refractivity contribution in [2.75, 3.05) is 4.90 Å². The molecule has 118 valence electrons. The molecule has 1 aromatic rings. The predicted molar refractivity (Wildman–Crippen MR) is 90.8 cm³/mol. The van der Waals surface area contributed by atoms with Crippen molar-refractivity contribution in [3.63, 3.8) is 0 Å². The Balaban J connectivity index is 1.63. The molecule has 3 nitrogen and oxygen atoms in total. The molecule has 1 aromatic carbocycles. The summed E-state index contributed by atoms with van der Waals surface area (Å²) in [6.45, 7) is 3.94. The number of amides is 2. The average Bonchev–Trinajstić information content (AvgIpc) is 3.26. The zero-order valence-electron chi connectivity index (χ0n) is 13.1. The molecule has 3 fully saturated rings. The fourth-order valence-electron chi connectivity index (χ4n) is 5.43. The van der Waals surface area contributed by atoms with E-state index in [1.54, 1.807) is 0 Å². The number of benzene rings is 1. The lowest BCUT2D eigenvalue weighted by atomic mass is 9.63. The van der Waals surface area contributed by atoms with Gasteiger partial charge in [0.25, 0.3) is 0 Å². The summed E-state index contributed by atoms with van der Waals surface area (Å²) in [5, 5.41) is 0. The van der Waals surface area contributed by atoms with Gasteiger partial charge in [0.2, 0.25) is 11.8 Å². The van der Waals surface area contributed by atoms with Crippen LogP contribution >= 0.6 is 15.9 Å². The van der Waals surface area contributed by atoms with Gasteiger partial charge in [-0.25, -0.2) is 4.90 Å². The van der Waals surface area contributed by atoms with Gasteiger partial charge in [0, 0.05) is 4.47 Å². The number of nitrogens with zero attached hydrogens (tertiary/aromatic N) is 1. The van der Waals surface area contributed by atoms with Crippen molar-refractivity contribution in [2.45, 2.75) is 20.3 Å². The van der Waals surface area contributed by atoms with Crippen LogP contribution in [0.5, 0.6) is 0 Å². The Kier molecular flexibility index (Phi) is 2.64. The molecule has 6 rings (SSSR count). The molecule has 0 radical (unpaired) electrons. The van der Waals surface area contributed by atoms with Gasteiger partial charge in [-0.15, -0.1) is 0 Å². The Bertz CT molecular complexity index is 740. The molecule has 2 bridgehead atoms. The lowest BCUT2D eigenvalue weighted by Crippen LogP contribution is -2.40. The summed E-state index contributed by atoms with van der Waals surface area (Å²) < 4.78 is 0.982. The van der Waals surface area contributed by atoms with Crippen molar-refractivity contribution >= 4 is 33.4 Å². The van der Waals surface area contributed by atoms with E-state index in [0.717, 1.165) is 21.3 Å². The van der Waals surface area contributed by atoms with Crippen LogP contribution in [-0.4, -0.2) is 11.8 Å². The lowest BCUT2D eigenvalue weighted by Gasteiger charge is -2.37. The summed E-state index contributed by atoms with van der Waals surface area (Å²) in [7, 11) is 0. The molecular weight excluding hydrogens is 354 g/mol. The first kappa shape index (κ1) is 14.0. The van der Waals surface area contributed by atoms with Gasteiger partial charge in [0.05, 0.1) is 17.5 Å². The van der Waals surface area contributed by atoms with Crippen LogP contribution < -0.4 is 4.90 Å². The van der Waals surface area contributed by atoms with E-state index in [1.807, 2.05) is 26.0 Å². The van der Waals surface area contributed by atoms with E-state index in [2.05, 4.69) is 28.1 Å². The molecule has 0 aromatic heterocycles. The molecule has 0 unspecified atom stereocenters. The number of halogens is 1. The number of hydrogen-bond acceptors (Lipinski definition) is 2. The third-order valence-corrected chi connectivity index (χ3v) is 6.80. The molecule has 1 aliphatic heterocycles. The second kappa shape index (κ2) is 4.35. The first-order chi connectivity index (χ1) is 11.0. The third-order valence-electron chi connectivity index (χ3n) is 6.34. The largest absolute Gasteiger partial charge is 0.274 e. The SMILES string of the molecule is Cc1cc(Br)cc(C)c1N1C(=O)[C@H]2[C@@H]3C=C[C@H]([C@H]4C[C@H]34)[C@@H]2C1=O. The van der Waals surface area contributed by atoms with Crippen LogP contribution in [0.2, 0.25) is 0 Å². The van der Waals surface area contributed by atoms with E-state index < -0.39 is 0 Å². The summed E-state index contributed by atoms with van der Waals surface area (Å²) in [4.78, 5) is 27.8. The van der Waals surface area contributed by atoms with Crippen molar-refractivity contribution in [2.24, 2.45) is 35.5 Å². The zero-order chi connectivity index (χ0) is 16.0. The Labute approximate surface area is 143 Å². The molecule has 23 heavy (non-hydrogen) atoms. The highest BCUT2D eigenvalue weighted by atomic mass is 79.9. The Morgan fingerprint density at radius 1 is 0.957 bits per heavy atom. The van der Waals surface area contributed by atoms with E-state index in [4.69, 9.17) is 0 Å². The first-order valence-corrected chi connectivity index (χ1v) is 9.11. The van der Waals surface area contributed by atoms with E-state index >= 15 is 0 Å². The van der Waals surface area contributed by atoms with Crippen molar-refractivity contribution in [1.82, 2.24) is 0 Å². The number of allylic oxidation sites excluding steroid dienone is 2. The van der Waals surface area contributed by atoms with Crippen LogP contribution in [0.3, 0.4) is 0 Å². The van der Waals surface area contributed by atoms with E-state index in [-0.39, 0.29) is 35.5 Å². The molecule has 1 saturated heterocycles. The van der Waals surface area contributed by atoms with Crippen molar-refractivity contribution < 1.29 is 9.59 Å². The average molecular weight is 372 g/mol. The maximum atomic E-state index is 13.2. The zero-order valence-corrected chi connectivity index (χ0v) is 14.7. The number of imide groups is 1. The summed E-state index contributed by atoms with van der Waals surface area (Å²) >= 11 is 3.49. The van der Waals surface area contributed by atoms with Crippen LogP contribution in [0.4, 0.5) is 5.69 Å². The Hall–Kier alpha value is -1.42. The van der Waals surface area contributed by atoms with Gasteiger partial charge in [0.1, 0.15) is 0 Å². The van der Waals surface area contributed by atoms with E-state index in [9.17, 15) is 9.59 Å². The monoisotopic (exact) mass is 371 g/mol. The topological polar surface area (TPSA) is 37.4 Å². The van der Waals surface area contributed by atoms with Crippen LogP contribution in [0.1, 0.15) is 17.5 Å². The molecule has 0 N–H and O–H groups in total. The van der Waals surface area contributed by atoms with Crippen molar-refractivity contribution in [1.29, 1.82) is 0 Å². The summed E-state index contributed by atoms with van der Waals surface area (Å²) in [6.07, 6.45) is 5.64. The highest BCUT2D eigenvalue weighted by molar-refractivity contribution is 9.10. The fourth-order valence-corrected chi connectivity index (χ4v) is 6.12. The normalized spacial score (nSPS) is 39.7. The van der Waals surface area contributed by atoms with Gasteiger partial charge in [-0.05, 0) is 67.2 Å². The van der Waals surface area contributed by atoms with Crippen molar-refractivity contribution in [3.8, 4) is 0 Å². The second-order valence-electron chi connectivity index (χ2n) is 7.55. The number of aryl methyl sites for hydroxylation is 2. The van der Waals surface area contributed by atoms with Crippen LogP contribution in [0.15, 0.2) is 28.8 Å². The third kappa shape index (κ3) is 1.65. The van der Waals surface area contributed by atoms with Crippen molar-refractivity contribution in [3.05, 3.63) is 39.9 Å². The number of hydrogen-bond donors (Lipinski definition) is 0. The lowest BCUT2D eigenvalue weighted by molar-refractivity contribution is -0.124. The highest BCUT2D eigenvalue weighted by Gasteiger charge is 2.67. The smallest absolute Gasteiger partial charge is 0.238 e. The molecule has 2 amide bonds. The molecule has 4 aliphatic carbocycles. The van der Waals surface area contributed by atoms with Crippen LogP contribution in [-0.2, 0) is 9.59 Å². The standard InChI is InChI=1S/C19H18BrNO2/c1-8-5-10(20)6-9(2)17(8)21-18(22)15-11-3-4-12(14-7-13(11)14)16(15)19(21)23/h3-6,11-16H,7H2,1-2H3/t11-,12-,13-,14-,15+,16+/m1/s1. The van der Waals surface area contributed by atoms with Gasteiger partial charge in [-0.2, -0.15) is 0 Å². The first-order valence-electron chi connectivity index (χ1n) is 8.32. The van der Waals surface area contributed by atoms with E-state index in [1.165, 1.54) is 11.3 Å². The maximum Gasteiger partial charge on any atom is 0.238 e. The highest BCUT2D eigenvalue weighted by Crippen LogP contribution is 2.65. The molecule has 0 spiro atoms. The fraction of sp³-hybridized carbons (Fsp3) is 0.474. The van der Waals surface area contributed by atoms with Gasteiger partial charge in [0.15, 0.2) is 0 Å². The Morgan fingerprint density at radius 3 is 1.91 bits per heavy atom. The van der Waals surface area contributed by atoms with Gasteiger partial charge >= 0.3 is 0 Å². The van der Waals surface area contributed by atoms with Gasteiger partial charge in [-0.1, -0.05) is 28.1 Å². The number of rotatable bonds is 1. The predicted octanol–water partition coefficient (Wildman–Crippen LogP) is 3.62.